The zero-order chi connectivity index (χ0) is 19.9. The molecule has 1 aromatic rings. The van der Waals surface area contributed by atoms with Gasteiger partial charge in [-0.15, -0.1) is 0 Å². The van der Waals surface area contributed by atoms with Crippen LogP contribution in [0.25, 0.3) is 0 Å². The molecule has 0 aromatic heterocycles. The molecular formula is C22H33N3O3. The van der Waals surface area contributed by atoms with Crippen LogP contribution in [0.1, 0.15) is 51.4 Å². The van der Waals surface area contributed by atoms with Crippen LogP contribution in [0.2, 0.25) is 0 Å². The third kappa shape index (κ3) is 5.25. The molecule has 0 radical (unpaired) electrons. The second-order valence-electron chi connectivity index (χ2n) is 8.04. The molecule has 1 saturated heterocycles. The molecule has 6 nitrogen and oxygen atoms in total. The van der Waals surface area contributed by atoms with Gasteiger partial charge in [0.25, 0.3) is 0 Å². The van der Waals surface area contributed by atoms with Gasteiger partial charge in [0.15, 0.2) is 0 Å². The first-order valence-corrected chi connectivity index (χ1v) is 10.5. The quantitative estimate of drug-likeness (QED) is 0.744. The van der Waals surface area contributed by atoms with Gasteiger partial charge in [-0.25, -0.2) is 0 Å². The number of carbonyl (C=O) groups excluding carboxylic acids is 2. The molecule has 1 aliphatic heterocycles. The summed E-state index contributed by atoms with van der Waals surface area (Å²) in [7, 11) is 1.61. The zero-order valence-electron chi connectivity index (χ0n) is 16.9. The Balaban J connectivity index is 1.69. The van der Waals surface area contributed by atoms with Crippen LogP contribution in [-0.4, -0.2) is 49.5 Å². The predicted molar refractivity (Wildman–Crippen MR) is 110 cm³/mol. The van der Waals surface area contributed by atoms with E-state index in [-0.39, 0.29) is 12.3 Å². The van der Waals surface area contributed by atoms with Gasteiger partial charge in [-0.3, -0.25) is 14.5 Å². The maximum atomic E-state index is 13.2. The van der Waals surface area contributed by atoms with Crippen molar-refractivity contribution >= 4 is 17.5 Å². The van der Waals surface area contributed by atoms with E-state index in [2.05, 4.69) is 4.90 Å². The molecule has 1 atom stereocenters. The summed E-state index contributed by atoms with van der Waals surface area (Å²) in [6.07, 6.45) is 9.09. The Hall–Kier alpha value is -2.08. The molecule has 0 spiro atoms. The van der Waals surface area contributed by atoms with Crippen molar-refractivity contribution in [1.29, 1.82) is 0 Å². The van der Waals surface area contributed by atoms with E-state index in [1.54, 1.807) is 12.0 Å². The number of amides is 2. The summed E-state index contributed by atoms with van der Waals surface area (Å²) >= 11 is 0. The van der Waals surface area contributed by atoms with Gasteiger partial charge in [-0.1, -0.05) is 19.3 Å². The molecule has 1 aliphatic carbocycles. The molecule has 0 unspecified atom stereocenters. The topological polar surface area (TPSA) is 75.9 Å². The fraction of sp³-hybridized carbons (Fsp3) is 0.636. The van der Waals surface area contributed by atoms with Gasteiger partial charge in [0.1, 0.15) is 5.75 Å². The van der Waals surface area contributed by atoms with Gasteiger partial charge in [0, 0.05) is 24.7 Å². The molecule has 2 aliphatic rings. The van der Waals surface area contributed by atoms with E-state index >= 15 is 0 Å². The van der Waals surface area contributed by atoms with Crippen molar-refractivity contribution in [1.82, 2.24) is 4.90 Å². The van der Waals surface area contributed by atoms with Crippen molar-refractivity contribution in [2.75, 3.05) is 31.6 Å². The second-order valence-corrected chi connectivity index (χ2v) is 8.04. The summed E-state index contributed by atoms with van der Waals surface area (Å²) in [4.78, 5) is 28.6. The van der Waals surface area contributed by atoms with Crippen molar-refractivity contribution < 1.29 is 14.3 Å². The van der Waals surface area contributed by atoms with Crippen molar-refractivity contribution in [2.45, 2.75) is 57.4 Å². The first-order chi connectivity index (χ1) is 13.6. The summed E-state index contributed by atoms with van der Waals surface area (Å²) in [5, 5.41) is 0. The van der Waals surface area contributed by atoms with E-state index in [1.165, 1.54) is 38.5 Å². The Morgan fingerprint density at radius 3 is 2.46 bits per heavy atom. The van der Waals surface area contributed by atoms with Gasteiger partial charge in [-0.2, -0.15) is 0 Å². The molecule has 3 rings (SSSR count). The highest BCUT2D eigenvalue weighted by Crippen LogP contribution is 2.34. The van der Waals surface area contributed by atoms with Crippen LogP contribution in [0.3, 0.4) is 0 Å². The van der Waals surface area contributed by atoms with Crippen molar-refractivity contribution in [3.8, 4) is 5.75 Å². The number of ether oxygens (including phenoxy) is 1. The minimum atomic E-state index is -0.396. The lowest BCUT2D eigenvalue weighted by molar-refractivity contribution is -0.120. The summed E-state index contributed by atoms with van der Waals surface area (Å²) in [5.41, 5.74) is 6.12. The molecule has 1 aromatic carbocycles. The monoisotopic (exact) mass is 387 g/mol. The first kappa shape index (κ1) is 20.6. The molecule has 28 heavy (non-hydrogen) atoms. The van der Waals surface area contributed by atoms with Crippen molar-refractivity contribution in [3.05, 3.63) is 24.3 Å². The van der Waals surface area contributed by atoms with Gasteiger partial charge < -0.3 is 15.4 Å². The van der Waals surface area contributed by atoms with Crippen LogP contribution in [-0.2, 0) is 9.59 Å². The van der Waals surface area contributed by atoms with Crippen molar-refractivity contribution in [3.63, 3.8) is 0 Å². The normalized spacial score (nSPS) is 20.8. The Bertz CT molecular complexity index is 655. The van der Waals surface area contributed by atoms with Gasteiger partial charge in [0.05, 0.1) is 13.7 Å². The summed E-state index contributed by atoms with van der Waals surface area (Å²) in [5.74, 6) is 1.11. The number of benzene rings is 1. The molecule has 154 valence electrons. The highest BCUT2D eigenvalue weighted by atomic mass is 16.5. The number of likely N-dealkylation sites (tertiary alicyclic amines) is 1. The van der Waals surface area contributed by atoms with Crippen LogP contribution < -0.4 is 15.4 Å². The maximum Gasteiger partial charge on any atom is 0.241 e. The number of hydrogen-bond acceptors (Lipinski definition) is 4. The molecule has 2 N–H and O–H groups in total. The van der Waals surface area contributed by atoms with Gasteiger partial charge in [-0.05, 0) is 62.4 Å². The smallest absolute Gasteiger partial charge is 0.241 e. The van der Waals surface area contributed by atoms with E-state index in [0.717, 1.165) is 30.3 Å². The number of methoxy groups -OCH3 is 1. The minimum Gasteiger partial charge on any atom is -0.497 e. The molecule has 6 heteroatoms. The lowest BCUT2D eigenvalue weighted by Gasteiger charge is -2.35. The van der Waals surface area contributed by atoms with Gasteiger partial charge in [0.2, 0.25) is 11.8 Å². The van der Waals surface area contributed by atoms with Crippen LogP contribution in [0.15, 0.2) is 24.3 Å². The fourth-order valence-electron chi connectivity index (χ4n) is 4.74. The Morgan fingerprint density at radius 2 is 1.82 bits per heavy atom. The standard InChI is InChI=1S/C22H33N3O3/c1-28-19-11-9-18(10-12-19)25(15-13-21(23)26)22(27)16-24-14-5-8-20(24)17-6-3-2-4-7-17/h9-12,17,20H,2-8,13-16H2,1H3,(H2,23,26)/t20-/m1/s1. The lowest BCUT2D eigenvalue weighted by Crippen LogP contribution is -2.45. The van der Waals surface area contributed by atoms with E-state index in [1.807, 2.05) is 24.3 Å². The largest absolute Gasteiger partial charge is 0.497 e. The van der Waals surface area contributed by atoms with Crippen LogP contribution >= 0.6 is 0 Å². The number of hydrogen-bond donors (Lipinski definition) is 1. The summed E-state index contributed by atoms with van der Waals surface area (Å²) in [6.45, 7) is 1.70. The highest BCUT2D eigenvalue weighted by Gasteiger charge is 2.34. The number of nitrogens with two attached hydrogens (primary N) is 1. The molecular weight excluding hydrogens is 354 g/mol. The number of rotatable bonds is 8. The maximum absolute atomic E-state index is 13.2. The Kier molecular flexibility index (Phi) is 7.31. The zero-order valence-corrected chi connectivity index (χ0v) is 16.9. The number of carbonyl (C=O) groups is 2. The number of anilines is 1. The minimum absolute atomic E-state index is 0.0362. The third-order valence-corrected chi connectivity index (χ3v) is 6.21. The number of nitrogens with zero attached hydrogens (tertiary/aromatic N) is 2. The summed E-state index contributed by atoms with van der Waals surface area (Å²) < 4.78 is 5.21. The van der Waals surface area contributed by atoms with Crippen LogP contribution in [0.5, 0.6) is 5.75 Å². The lowest BCUT2D eigenvalue weighted by atomic mass is 9.83. The highest BCUT2D eigenvalue weighted by molar-refractivity contribution is 5.95. The first-order valence-electron chi connectivity index (χ1n) is 10.5. The molecule has 1 saturated carbocycles. The molecule has 1 heterocycles. The number of primary amides is 1. The van der Waals surface area contributed by atoms with Crippen molar-refractivity contribution in [2.24, 2.45) is 11.7 Å². The predicted octanol–water partition coefficient (Wildman–Crippen LogP) is 2.95. The summed E-state index contributed by atoms with van der Waals surface area (Å²) in [6, 6.07) is 7.92. The SMILES string of the molecule is COc1ccc(N(CCC(N)=O)C(=O)CN2CCC[C@@H]2C2CCCCC2)cc1. The van der Waals surface area contributed by atoms with E-state index in [4.69, 9.17) is 10.5 Å². The average Bonchev–Trinajstić information content (AvgIpc) is 3.17. The Labute approximate surface area is 168 Å². The third-order valence-electron chi connectivity index (χ3n) is 6.21. The van der Waals surface area contributed by atoms with E-state index < -0.39 is 5.91 Å². The Morgan fingerprint density at radius 1 is 1.11 bits per heavy atom. The van der Waals surface area contributed by atoms with Crippen LogP contribution in [0.4, 0.5) is 5.69 Å². The van der Waals surface area contributed by atoms with Gasteiger partial charge >= 0.3 is 0 Å². The molecule has 2 fully saturated rings. The van der Waals surface area contributed by atoms with E-state index in [0.29, 0.717) is 19.1 Å². The van der Waals surface area contributed by atoms with Crippen LogP contribution in [0, 0.1) is 5.92 Å². The van der Waals surface area contributed by atoms with E-state index in [9.17, 15) is 9.59 Å². The molecule has 0 bridgehead atoms. The fourth-order valence-corrected chi connectivity index (χ4v) is 4.74. The average molecular weight is 388 g/mol. The second kappa shape index (κ2) is 9.92. The molecule has 2 amide bonds.